The molecule has 1 heterocycles. The third-order valence-electron chi connectivity index (χ3n) is 0.252. The number of hydrogen-bond donors (Lipinski definition) is 0. The molecule has 0 bridgehead atoms. The molecular formula is IN2O3-3. The zero-order valence-corrected chi connectivity index (χ0v) is 4.65. The molecule has 6 heteroatoms. The molecule has 0 amide bonds. The molecule has 0 aromatic rings. The van der Waals surface area contributed by atoms with Crippen LogP contribution in [0.5, 0.6) is 0 Å². The Kier molecular flexibility index (Phi) is 1.22. The first-order valence-electron chi connectivity index (χ1n) is 1.07. The van der Waals surface area contributed by atoms with E-state index in [9.17, 15) is 10.4 Å². The molecule has 1 rings (SSSR count). The van der Waals surface area contributed by atoms with Crippen LogP contribution in [0.1, 0.15) is 0 Å². The number of halogens is 1. The molecule has 38 valence electrons. The first-order chi connectivity index (χ1) is 2.79. The Labute approximate surface area is 44.5 Å². The molecule has 0 atom stereocenters. The van der Waals surface area contributed by atoms with Crippen LogP contribution in [0.15, 0.2) is 0 Å². The summed E-state index contributed by atoms with van der Waals surface area (Å²) in [5.74, 6) is 0. The average molecular weight is 203 g/mol. The second-order valence-corrected chi connectivity index (χ2v) is 2.59. The van der Waals surface area contributed by atoms with E-state index >= 15 is 0 Å². The van der Waals surface area contributed by atoms with Crippen molar-refractivity contribution < 1.29 is 26.7 Å². The van der Waals surface area contributed by atoms with Gasteiger partial charge in [-0.2, -0.15) is 0 Å². The Morgan fingerprint density at radius 3 is 1.67 bits per heavy atom. The molecule has 1 fully saturated rings. The van der Waals surface area contributed by atoms with Gasteiger partial charge in [-0.25, -0.2) is 0 Å². The van der Waals surface area contributed by atoms with Gasteiger partial charge in [-0.15, -0.1) is 0 Å². The van der Waals surface area contributed by atoms with Crippen molar-refractivity contribution in [2.75, 3.05) is 0 Å². The summed E-state index contributed by atoms with van der Waals surface area (Å²) in [6, 6.07) is 0. The minimum atomic E-state index is -1.00. The van der Waals surface area contributed by atoms with Crippen molar-refractivity contribution in [2.24, 2.45) is 0 Å². The fourth-order valence-electron chi connectivity index (χ4n) is 0.107. The molecule has 0 aliphatic carbocycles. The summed E-state index contributed by atoms with van der Waals surface area (Å²) in [5, 5.41) is 19.2. The maximum atomic E-state index is 9.61. The van der Waals surface area contributed by atoms with E-state index in [-0.39, 0.29) is 0 Å². The predicted octanol–water partition coefficient (Wildman–Crippen LogP) is -3.63. The first-order valence-corrected chi connectivity index (χ1v) is 3.00. The van der Waals surface area contributed by atoms with E-state index in [0.29, 0.717) is 6.88 Å². The van der Waals surface area contributed by atoms with Crippen molar-refractivity contribution in [1.82, 2.24) is 6.88 Å². The molecule has 0 aromatic carbocycles. The molecule has 1 aliphatic heterocycles. The zero-order chi connectivity index (χ0) is 4.57. The molecule has 0 saturated carbocycles. The van der Waals surface area contributed by atoms with Gasteiger partial charge in [0.15, 0.2) is 0 Å². The summed E-state index contributed by atoms with van der Waals surface area (Å²) in [5.41, 5.74) is 0. The molecule has 0 N–H and O–H groups in total. The van der Waals surface area contributed by atoms with Crippen LogP contribution in [0.4, 0.5) is 0 Å². The van der Waals surface area contributed by atoms with E-state index in [1.54, 1.807) is 0 Å². The van der Waals surface area contributed by atoms with Gasteiger partial charge < -0.3 is 0 Å². The Morgan fingerprint density at radius 2 is 1.67 bits per heavy atom. The van der Waals surface area contributed by atoms with Crippen LogP contribution < -0.4 is 21.8 Å². The first kappa shape index (κ1) is 4.68. The van der Waals surface area contributed by atoms with Crippen LogP contribution in [0.2, 0.25) is 0 Å². The summed E-state index contributed by atoms with van der Waals surface area (Å²) in [6.07, 6.45) is 0. The zero-order valence-electron chi connectivity index (χ0n) is 2.50. The summed E-state index contributed by atoms with van der Waals surface area (Å²) < 4.78 is 0.595. The fourth-order valence-corrected chi connectivity index (χ4v) is 0.643. The summed E-state index contributed by atoms with van der Waals surface area (Å²) in [7, 11) is 0. The molecule has 0 unspecified atom stereocenters. The van der Waals surface area contributed by atoms with Gasteiger partial charge in [0.05, 0.1) is 0 Å². The van der Waals surface area contributed by atoms with Crippen molar-refractivity contribution in [2.45, 2.75) is 0 Å². The molecular weight excluding hydrogens is 203 g/mol. The van der Waals surface area contributed by atoms with Gasteiger partial charge >= 0.3 is 44.0 Å². The van der Waals surface area contributed by atoms with Crippen LogP contribution in [0.3, 0.4) is 0 Å². The molecule has 1 saturated heterocycles. The van der Waals surface area contributed by atoms with Gasteiger partial charge in [0, 0.05) is 0 Å². The monoisotopic (exact) mass is 203 g/mol. The molecule has 0 spiro atoms. The van der Waals surface area contributed by atoms with Crippen LogP contribution in [-0.2, 0) is 4.94 Å². The summed E-state index contributed by atoms with van der Waals surface area (Å²) in [6.45, 7) is 0. The molecule has 0 aromatic heterocycles. The van der Waals surface area contributed by atoms with E-state index in [0.717, 1.165) is 0 Å². The van der Waals surface area contributed by atoms with Crippen molar-refractivity contribution in [1.29, 1.82) is 0 Å². The van der Waals surface area contributed by atoms with Crippen LogP contribution in [0.25, 0.3) is 0 Å². The normalized spacial score (nSPS) is 28.3. The van der Waals surface area contributed by atoms with Gasteiger partial charge in [-0.1, -0.05) is 0 Å². The van der Waals surface area contributed by atoms with Crippen LogP contribution in [0, 0.1) is 10.4 Å². The average Bonchev–Trinajstić information content (AvgIpc) is 1.33. The van der Waals surface area contributed by atoms with Crippen molar-refractivity contribution in [3.63, 3.8) is 0 Å². The van der Waals surface area contributed by atoms with Gasteiger partial charge in [0.25, 0.3) is 0 Å². The topological polar surface area (TPSA) is 61.8 Å². The third-order valence-corrected chi connectivity index (χ3v) is 1.31. The quantitative estimate of drug-likeness (QED) is 0.300. The van der Waals surface area contributed by atoms with Crippen LogP contribution >= 0.6 is 0 Å². The van der Waals surface area contributed by atoms with Gasteiger partial charge in [0.2, 0.25) is 0 Å². The Hall–Kier alpha value is 0.530. The summed E-state index contributed by atoms with van der Waals surface area (Å²) in [4.78, 5) is 3.74. The van der Waals surface area contributed by atoms with E-state index in [4.69, 9.17) is 0 Å². The van der Waals surface area contributed by atoms with Gasteiger partial charge in [-0.3, -0.25) is 0 Å². The number of nitrogens with zero attached hydrogens (tertiary/aromatic N) is 2. The molecule has 1 aliphatic rings. The van der Waals surface area contributed by atoms with E-state index < -0.39 is 21.8 Å². The van der Waals surface area contributed by atoms with E-state index in [2.05, 4.69) is 4.94 Å². The van der Waals surface area contributed by atoms with Crippen molar-refractivity contribution >= 4 is 0 Å². The minimum absolute atomic E-state index is 0.297. The summed E-state index contributed by atoms with van der Waals surface area (Å²) >= 11 is -1.00. The molecule has 0 radical (unpaired) electrons. The van der Waals surface area contributed by atoms with E-state index in [1.165, 1.54) is 0 Å². The Bertz CT molecular complexity index is 44.8. The van der Waals surface area contributed by atoms with Crippen molar-refractivity contribution in [3.05, 3.63) is 10.4 Å². The Morgan fingerprint density at radius 1 is 1.33 bits per heavy atom. The second kappa shape index (κ2) is 1.56. The number of hydrogen-bond acceptors (Lipinski definition) is 5. The Balaban J connectivity index is 2.11. The number of rotatable bonds is 0. The van der Waals surface area contributed by atoms with E-state index in [1.807, 2.05) is 0 Å². The second-order valence-electron chi connectivity index (χ2n) is 0.582. The third kappa shape index (κ3) is 0.776. The van der Waals surface area contributed by atoms with Gasteiger partial charge in [-0.05, 0) is 0 Å². The molecule has 5 nitrogen and oxygen atoms in total. The standard InChI is InChI=1S/IN2O3/c4-2-1-3(5)6-2/q-3. The fraction of sp³-hybridized carbons (Fsp3) is 0. The maximum absolute atomic E-state index is 9.61. The van der Waals surface area contributed by atoms with Crippen molar-refractivity contribution in [3.8, 4) is 0 Å². The van der Waals surface area contributed by atoms with Gasteiger partial charge in [0.1, 0.15) is 0 Å². The predicted molar refractivity (Wildman–Crippen MR) is 11.5 cm³/mol. The van der Waals surface area contributed by atoms with Crippen LogP contribution in [-0.4, -0.2) is 6.88 Å². The molecule has 6 heavy (non-hydrogen) atoms. The SMILES string of the molecule is [O-]N1ON([O-])[I-]1.